The van der Waals surface area contributed by atoms with E-state index in [1.807, 2.05) is 0 Å². The predicted molar refractivity (Wildman–Crippen MR) is 87.9 cm³/mol. The van der Waals surface area contributed by atoms with E-state index < -0.39 is 0 Å². The molecule has 18 heavy (non-hydrogen) atoms. The van der Waals surface area contributed by atoms with Crippen molar-refractivity contribution in [2.24, 2.45) is 4.99 Å². The molecule has 1 aliphatic heterocycles. The highest BCUT2D eigenvalue weighted by Gasteiger charge is 2.10. The topological polar surface area (TPSA) is 27.6 Å². The van der Waals surface area contributed by atoms with Crippen LogP contribution >= 0.6 is 24.0 Å². The van der Waals surface area contributed by atoms with Crippen LogP contribution in [-0.4, -0.2) is 37.5 Å². The Morgan fingerprint density at radius 3 is 2.44 bits per heavy atom. The summed E-state index contributed by atoms with van der Waals surface area (Å²) in [5.41, 5.74) is 2.79. The number of likely N-dealkylation sites (N-methyl/N-ethyl adjacent to an activating group) is 1. The van der Waals surface area contributed by atoms with Crippen LogP contribution in [0.4, 0.5) is 0 Å². The second-order valence-corrected chi connectivity index (χ2v) is 4.47. The third kappa shape index (κ3) is 4.15. The Labute approximate surface area is 127 Å². The van der Waals surface area contributed by atoms with Crippen LogP contribution in [0.25, 0.3) is 0 Å². The van der Waals surface area contributed by atoms with Gasteiger partial charge in [-0.25, -0.2) is 0 Å². The fourth-order valence-electron chi connectivity index (χ4n) is 1.98. The van der Waals surface area contributed by atoms with E-state index >= 15 is 0 Å². The zero-order valence-electron chi connectivity index (χ0n) is 11.1. The minimum atomic E-state index is 0. The normalized spacial score (nSPS) is 14.1. The third-order valence-electron chi connectivity index (χ3n) is 3.19. The Kier molecular flexibility index (Phi) is 6.46. The highest BCUT2D eigenvalue weighted by molar-refractivity contribution is 14.0. The van der Waals surface area contributed by atoms with Crippen molar-refractivity contribution in [2.75, 3.05) is 26.7 Å². The van der Waals surface area contributed by atoms with Crippen molar-refractivity contribution < 1.29 is 0 Å². The van der Waals surface area contributed by atoms with Crippen molar-refractivity contribution in [1.82, 2.24) is 10.2 Å². The van der Waals surface area contributed by atoms with Crippen LogP contribution < -0.4 is 5.32 Å². The molecule has 1 N–H and O–H groups in total. The van der Waals surface area contributed by atoms with Gasteiger partial charge in [0.15, 0.2) is 5.96 Å². The number of benzene rings is 1. The van der Waals surface area contributed by atoms with Crippen molar-refractivity contribution >= 4 is 29.9 Å². The average Bonchev–Trinajstić information content (AvgIpc) is 2.76. The second kappa shape index (κ2) is 7.61. The molecule has 1 heterocycles. The smallest absolute Gasteiger partial charge is 0.193 e. The third-order valence-corrected chi connectivity index (χ3v) is 3.19. The van der Waals surface area contributed by atoms with Gasteiger partial charge in [-0.2, -0.15) is 0 Å². The first-order valence-electron chi connectivity index (χ1n) is 6.37. The molecule has 0 spiro atoms. The molecule has 4 heteroatoms. The molecule has 1 aromatic carbocycles. The largest absolute Gasteiger partial charge is 0.356 e. The molecule has 0 radical (unpaired) electrons. The molecule has 1 aromatic rings. The lowest BCUT2D eigenvalue weighted by Crippen LogP contribution is -2.36. The van der Waals surface area contributed by atoms with Crippen LogP contribution in [-0.2, 0) is 12.8 Å². The number of hydrogen-bond acceptors (Lipinski definition) is 3. The van der Waals surface area contributed by atoms with Crippen LogP contribution in [0.3, 0.4) is 0 Å². The maximum absolute atomic E-state index is 4.41. The molecular formula is C14H22IN3. The summed E-state index contributed by atoms with van der Waals surface area (Å²) in [6.45, 7) is 5.09. The monoisotopic (exact) mass is 359 g/mol. The van der Waals surface area contributed by atoms with E-state index in [0.29, 0.717) is 0 Å². The molecule has 3 nitrogen and oxygen atoms in total. The number of guanidine groups is 1. The lowest BCUT2D eigenvalue weighted by molar-refractivity contribution is 0.534. The number of nitrogens with one attached hydrogen (secondary N) is 1. The summed E-state index contributed by atoms with van der Waals surface area (Å²) in [6, 6.07) is 8.88. The van der Waals surface area contributed by atoms with E-state index in [0.717, 1.165) is 38.4 Å². The molecule has 1 aliphatic rings. The quantitative estimate of drug-likeness (QED) is 0.836. The highest BCUT2D eigenvalue weighted by atomic mass is 127. The van der Waals surface area contributed by atoms with E-state index in [1.54, 1.807) is 0 Å². The minimum Gasteiger partial charge on any atom is -0.356 e. The Morgan fingerprint density at radius 1 is 1.22 bits per heavy atom. The number of hydrogen-bond donors (Lipinski definition) is 1. The van der Waals surface area contributed by atoms with Gasteiger partial charge in [-0.05, 0) is 24.0 Å². The molecule has 0 bridgehead atoms. The van der Waals surface area contributed by atoms with Gasteiger partial charge in [-0.15, -0.1) is 24.0 Å². The standard InChI is InChI=1S/C14H21N3.HI/c1-3-12-4-6-13(7-5-12)8-9-15-14-16-10-11-17(14)2;/h4-7H,3,8-11H2,1-2H3,(H,15,16);1H. The molecule has 0 aliphatic carbocycles. The molecule has 0 amide bonds. The number of nitrogens with zero attached hydrogens (tertiary/aromatic N) is 2. The molecule has 0 fully saturated rings. The van der Waals surface area contributed by atoms with Crippen molar-refractivity contribution in [3.05, 3.63) is 35.4 Å². The first-order chi connectivity index (χ1) is 8.29. The van der Waals surface area contributed by atoms with Gasteiger partial charge < -0.3 is 10.2 Å². The minimum absolute atomic E-state index is 0. The number of aliphatic imine (C=N–C) groups is 1. The van der Waals surface area contributed by atoms with Crippen molar-refractivity contribution in [3.8, 4) is 0 Å². The first kappa shape index (κ1) is 15.3. The Bertz CT molecular complexity index is 387. The van der Waals surface area contributed by atoms with Gasteiger partial charge >= 0.3 is 0 Å². The van der Waals surface area contributed by atoms with E-state index in [2.05, 4.69) is 53.4 Å². The molecule has 0 unspecified atom stereocenters. The summed E-state index contributed by atoms with van der Waals surface area (Å²) in [6.07, 6.45) is 2.16. The van der Waals surface area contributed by atoms with Crippen molar-refractivity contribution in [3.63, 3.8) is 0 Å². The number of halogens is 1. The molecule has 0 aromatic heterocycles. The molecular weight excluding hydrogens is 337 g/mol. The van der Waals surface area contributed by atoms with Gasteiger partial charge in [-0.1, -0.05) is 31.2 Å². The fourth-order valence-corrected chi connectivity index (χ4v) is 1.98. The second-order valence-electron chi connectivity index (χ2n) is 4.47. The van der Waals surface area contributed by atoms with Crippen molar-refractivity contribution in [1.29, 1.82) is 0 Å². The van der Waals surface area contributed by atoms with Crippen LogP contribution in [0.1, 0.15) is 18.1 Å². The van der Waals surface area contributed by atoms with Gasteiger partial charge in [0.1, 0.15) is 0 Å². The van der Waals surface area contributed by atoms with Gasteiger partial charge in [0, 0.05) is 20.1 Å². The average molecular weight is 359 g/mol. The van der Waals surface area contributed by atoms with Crippen LogP contribution in [0, 0.1) is 0 Å². The van der Waals surface area contributed by atoms with E-state index in [4.69, 9.17) is 0 Å². The zero-order chi connectivity index (χ0) is 12.1. The lowest BCUT2D eigenvalue weighted by atomic mass is 10.1. The van der Waals surface area contributed by atoms with Gasteiger partial charge in [0.2, 0.25) is 0 Å². The number of aryl methyl sites for hydroxylation is 1. The first-order valence-corrected chi connectivity index (χ1v) is 6.37. The SMILES string of the molecule is CCc1ccc(CCNC2=NCCN2C)cc1.I. The maximum Gasteiger partial charge on any atom is 0.193 e. The summed E-state index contributed by atoms with van der Waals surface area (Å²) >= 11 is 0. The van der Waals surface area contributed by atoms with E-state index in [1.165, 1.54) is 11.1 Å². The molecule has 100 valence electrons. The predicted octanol–water partition coefficient (Wildman–Crippen LogP) is 2.30. The summed E-state index contributed by atoms with van der Waals surface area (Å²) in [7, 11) is 2.08. The summed E-state index contributed by atoms with van der Waals surface area (Å²) < 4.78 is 0. The van der Waals surface area contributed by atoms with Crippen molar-refractivity contribution in [2.45, 2.75) is 19.8 Å². The fraction of sp³-hybridized carbons (Fsp3) is 0.500. The summed E-state index contributed by atoms with van der Waals surface area (Å²) in [5.74, 6) is 1.04. The van der Waals surface area contributed by atoms with Gasteiger partial charge in [-0.3, -0.25) is 4.99 Å². The van der Waals surface area contributed by atoms with Gasteiger partial charge in [0.25, 0.3) is 0 Å². The molecule has 2 rings (SSSR count). The maximum atomic E-state index is 4.41. The molecule has 0 saturated heterocycles. The van der Waals surface area contributed by atoms with Crippen LogP contribution in [0.15, 0.2) is 29.3 Å². The lowest BCUT2D eigenvalue weighted by Gasteiger charge is -2.15. The zero-order valence-corrected chi connectivity index (χ0v) is 13.5. The Morgan fingerprint density at radius 2 is 1.89 bits per heavy atom. The van der Waals surface area contributed by atoms with Crippen LogP contribution in [0.2, 0.25) is 0 Å². The van der Waals surface area contributed by atoms with E-state index in [-0.39, 0.29) is 24.0 Å². The summed E-state index contributed by atoms with van der Waals surface area (Å²) in [5, 5.41) is 3.38. The highest BCUT2D eigenvalue weighted by Crippen LogP contribution is 2.05. The summed E-state index contributed by atoms with van der Waals surface area (Å²) in [4.78, 5) is 6.57. The molecule has 0 atom stereocenters. The number of rotatable bonds is 4. The Balaban J connectivity index is 0.00000162. The molecule has 0 saturated carbocycles. The van der Waals surface area contributed by atoms with Crippen LogP contribution in [0.5, 0.6) is 0 Å². The van der Waals surface area contributed by atoms with E-state index in [9.17, 15) is 0 Å². The van der Waals surface area contributed by atoms with Gasteiger partial charge in [0.05, 0.1) is 6.54 Å². The Hall–Kier alpha value is -0.780.